The smallest absolute Gasteiger partial charge is 0.430 e. The standard InChI is InChI=1S/C30H33F9N2O4/c1-4-7-17-15-22-21(16-45-27(22,29(34,35)36)30(37,38)39)20(8-5-2)23(17)44-14-6-13-41-24(42)26(3,40-25(41)43)18-9-11-19(12-10-18)28(31,32)33/h9-11,15,19H,4-8,12-14,16H2,1-3H3,(H,40,43). The van der Waals surface area contributed by atoms with Crippen LogP contribution in [0.5, 0.6) is 5.75 Å². The Balaban J connectivity index is 1.53. The quantitative estimate of drug-likeness (QED) is 0.160. The van der Waals surface area contributed by atoms with Crippen molar-refractivity contribution in [3.8, 4) is 5.75 Å². The number of aryl methyl sites for hydroxylation is 1. The zero-order chi connectivity index (χ0) is 33.6. The highest BCUT2D eigenvalue weighted by Crippen LogP contribution is 2.58. The van der Waals surface area contributed by atoms with Gasteiger partial charge in [0.25, 0.3) is 11.5 Å². The molecule has 1 aromatic rings. The fourth-order valence-electron chi connectivity index (χ4n) is 6.06. The first-order valence-corrected chi connectivity index (χ1v) is 14.5. The molecule has 45 heavy (non-hydrogen) atoms. The molecule has 0 bridgehead atoms. The highest BCUT2D eigenvalue weighted by Gasteiger charge is 2.76. The monoisotopic (exact) mass is 656 g/mol. The summed E-state index contributed by atoms with van der Waals surface area (Å²) in [5.74, 6) is -2.23. The van der Waals surface area contributed by atoms with Gasteiger partial charge in [0.2, 0.25) is 0 Å². The third-order valence-electron chi connectivity index (χ3n) is 8.35. The number of alkyl halides is 9. The van der Waals surface area contributed by atoms with Crippen LogP contribution < -0.4 is 10.1 Å². The van der Waals surface area contributed by atoms with Crippen molar-refractivity contribution in [2.24, 2.45) is 5.92 Å². The Labute approximate surface area is 253 Å². The van der Waals surface area contributed by atoms with Crippen LogP contribution in [0.2, 0.25) is 0 Å². The summed E-state index contributed by atoms with van der Waals surface area (Å²) in [5, 5.41) is 2.52. The number of amides is 3. The summed E-state index contributed by atoms with van der Waals surface area (Å²) in [4.78, 5) is 26.8. The van der Waals surface area contributed by atoms with Crippen molar-refractivity contribution < 1.29 is 58.6 Å². The number of imide groups is 1. The molecule has 1 fully saturated rings. The van der Waals surface area contributed by atoms with Gasteiger partial charge < -0.3 is 14.8 Å². The van der Waals surface area contributed by atoms with E-state index in [1.54, 1.807) is 13.8 Å². The molecule has 0 radical (unpaired) electrons. The van der Waals surface area contributed by atoms with Crippen molar-refractivity contribution in [2.75, 3.05) is 13.2 Å². The van der Waals surface area contributed by atoms with E-state index in [9.17, 15) is 49.1 Å². The summed E-state index contributed by atoms with van der Waals surface area (Å²) >= 11 is 0. The van der Waals surface area contributed by atoms with Crippen LogP contribution in [0.3, 0.4) is 0 Å². The van der Waals surface area contributed by atoms with Crippen LogP contribution in [-0.2, 0) is 34.6 Å². The molecular formula is C30H33F9N2O4. The summed E-state index contributed by atoms with van der Waals surface area (Å²) in [5.41, 5.74) is -6.73. The second-order valence-electron chi connectivity index (χ2n) is 11.5. The molecule has 15 heteroatoms. The SMILES string of the molecule is CCCc1cc2c(c(CCC)c1OCCCN1C(=O)NC(C)(C3=CCC(C(F)(F)F)C=C3)C1=O)COC2(C(F)(F)F)C(F)(F)F. The van der Waals surface area contributed by atoms with Crippen LogP contribution in [0.25, 0.3) is 0 Å². The number of halogens is 9. The molecule has 2 atom stereocenters. The highest BCUT2D eigenvalue weighted by molar-refractivity contribution is 6.09. The molecule has 0 saturated carbocycles. The van der Waals surface area contributed by atoms with E-state index in [1.807, 2.05) is 0 Å². The predicted molar refractivity (Wildman–Crippen MR) is 143 cm³/mol. The number of nitrogens with zero attached hydrogens (tertiary/aromatic N) is 1. The Hall–Kier alpha value is -3.23. The minimum Gasteiger partial charge on any atom is -0.493 e. The van der Waals surface area contributed by atoms with Crippen molar-refractivity contribution in [2.45, 2.75) is 95.6 Å². The lowest BCUT2D eigenvalue weighted by Crippen LogP contribution is -2.53. The Morgan fingerprint density at radius 3 is 2.20 bits per heavy atom. The summed E-state index contributed by atoms with van der Waals surface area (Å²) in [6.45, 7) is 3.60. The van der Waals surface area contributed by atoms with Gasteiger partial charge in [-0.15, -0.1) is 0 Å². The lowest BCUT2D eigenvalue weighted by atomic mass is 9.84. The van der Waals surface area contributed by atoms with Gasteiger partial charge >= 0.3 is 24.6 Å². The van der Waals surface area contributed by atoms with E-state index in [1.165, 1.54) is 19.1 Å². The lowest BCUT2D eigenvalue weighted by Gasteiger charge is -2.34. The first-order chi connectivity index (χ1) is 20.8. The van der Waals surface area contributed by atoms with Crippen molar-refractivity contribution in [3.63, 3.8) is 0 Å². The minimum absolute atomic E-state index is 0.0556. The van der Waals surface area contributed by atoms with E-state index in [0.717, 1.165) is 17.0 Å². The average Bonchev–Trinajstić information content (AvgIpc) is 3.43. The lowest BCUT2D eigenvalue weighted by molar-refractivity contribution is -0.385. The topological polar surface area (TPSA) is 67.9 Å². The van der Waals surface area contributed by atoms with Crippen LogP contribution in [0, 0.1) is 5.92 Å². The Morgan fingerprint density at radius 1 is 1.02 bits per heavy atom. The van der Waals surface area contributed by atoms with Gasteiger partial charge in [-0.1, -0.05) is 44.9 Å². The van der Waals surface area contributed by atoms with Crippen LogP contribution in [-0.4, -0.2) is 54.1 Å². The molecular weight excluding hydrogens is 623 g/mol. The number of benzene rings is 1. The third-order valence-corrected chi connectivity index (χ3v) is 8.35. The molecule has 4 rings (SSSR count). The number of hydrogen-bond acceptors (Lipinski definition) is 4. The molecule has 6 nitrogen and oxygen atoms in total. The van der Waals surface area contributed by atoms with E-state index in [-0.39, 0.29) is 66.8 Å². The summed E-state index contributed by atoms with van der Waals surface area (Å²) in [6.07, 6.45) is -11.9. The molecule has 3 amide bonds. The first kappa shape index (κ1) is 34.6. The maximum Gasteiger partial charge on any atom is 0.430 e. The fourth-order valence-corrected chi connectivity index (χ4v) is 6.06. The molecule has 1 N–H and O–H groups in total. The normalized spacial score (nSPS) is 23.3. The number of rotatable bonds is 10. The van der Waals surface area contributed by atoms with Gasteiger partial charge in [-0.05, 0) is 55.4 Å². The molecule has 2 unspecified atom stereocenters. The molecule has 1 aromatic carbocycles. The van der Waals surface area contributed by atoms with Gasteiger partial charge in [0.15, 0.2) is 0 Å². The molecule has 0 aromatic heterocycles. The molecule has 250 valence electrons. The van der Waals surface area contributed by atoms with E-state index < -0.39 is 59.7 Å². The van der Waals surface area contributed by atoms with Crippen molar-refractivity contribution in [1.29, 1.82) is 0 Å². The predicted octanol–water partition coefficient (Wildman–Crippen LogP) is 7.59. The number of carbonyl (C=O) groups excluding carboxylic acids is 2. The Bertz CT molecular complexity index is 1370. The van der Waals surface area contributed by atoms with Crippen molar-refractivity contribution in [3.05, 3.63) is 52.1 Å². The van der Waals surface area contributed by atoms with Crippen LogP contribution in [0.15, 0.2) is 29.9 Å². The molecule has 2 aliphatic heterocycles. The van der Waals surface area contributed by atoms with Crippen LogP contribution >= 0.6 is 0 Å². The second kappa shape index (κ2) is 12.2. The number of hydrogen-bond donors (Lipinski definition) is 1. The number of allylic oxidation sites excluding steroid dienone is 2. The van der Waals surface area contributed by atoms with Gasteiger partial charge in [-0.2, -0.15) is 39.5 Å². The van der Waals surface area contributed by atoms with E-state index in [4.69, 9.17) is 4.74 Å². The number of nitrogens with one attached hydrogen (secondary N) is 1. The third kappa shape index (κ3) is 6.03. The van der Waals surface area contributed by atoms with Crippen molar-refractivity contribution in [1.82, 2.24) is 10.2 Å². The number of urea groups is 1. The van der Waals surface area contributed by atoms with Gasteiger partial charge in [0, 0.05) is 17.7 Å². The van der Waals surface area contributed by atoms with E-state index in [2.05, 4.69) is 10.1 Å². The molecule has 1 saturated heterocycles. The number of carbonyl (C=O) groups is 2. The van der Waals surface area contributed by atoms with Gasteiger partial charge in [0.1, 0.15) is 11.3 Å². The number of ether oxygens (including phenoxy) is 2. The van der Waals surface area contributed by atoms with E-state index in [0.29, 0.717) is 12.8 Å². The van der Waals surface area contributed by atoms with Crippen molar-refractivity contribution >= 4 is 11.9 Å². The van der Waals surface area contributed by atoms with E-state index >= 15 is 0 Å². The highest BCUT2D eigenvalue weighted by atomic mass is 19.4. The second-order valence-corrected chi connectivity index (χ2v) is 11.5. The first-order valence-electron chi connectivity index (χ1n) is 14.5. The Kier molecular flexibility index (Phi) is 9.37. The fraction of sp³-hybridized carbons (Fsp3) is 0.600. The Morgan fingerprint density at radius 2 is 1.67 bits per heavy atom. The summed E-state index contributed by atoms with van der Waals surface area (Å²) < 4.78 is 134. The van der Waals surface area contributed by atoms with Gasteiger partial charge in [0.05, 0.1) is 19.1 Å². The molecule has 0 spiro atoms. The molecule has 3 aliphatic rings. The largest absolute Gasteiger partial charge is 0.493 e. The van der Waals surface area contributed by atoms with Crippen LogP contribution in [0.4, 0.5) is 44.3 Å². The molecule has 1 aliphatic carbocycles. The zero-order valence-electron chi connectivity index (χ0n) is 24.7. The van der Waals surface area contributed by atoms with Crippen LogP contribution in [0.1, 0.15) is 68.7 Å². The zero-order valence-corrected chi connectivity index (χ0v) is 24.7. The molecule has 2 heterocycles. The maximum atomic E-state index is 14.0. The number of fused-ring (bicyclic) bond motifs is 1. The average molecular weight is 657 g/mol. The van der Waals surface area contributed by atoms with Gasteiger partial charge in [-0.25, -0.2) is 4.79 Å². The van der Waals surface area contributed by atoms with Gasteiger partial charge in [-0.3, -0.25) is 9.69 Å². The summed E-state index contributed by atoms with van der Waals surface area (Å²) in [7, 11) is 0. The minimum atomic E-state index is -5.77. The maximum absolute atomic E-state index is 14.0. The summed E-state index contributed by atoms with van der Waals surface area (Å²) in [6, 6.07) is 0.0947.